The van der Waals surface area contributed by atoms with Crippen molar-refractivity contribution in [2.24, 2.45) is 5.92 Å². The van der Waals surface area contributed by atoms with E-state index in [0.29, 0.717) is 5.92 Å². The lowest BCUT2D eigenvalue weighted by Gasteiger charge is -2.21. The molecule has 0 amide bonds. The minimum absolute atomic E-state index is 0.521. The molecule has 1 nitrogen and oxygen atoms in total. The Labute approximate surface area is 116 Å². The van der Waals surface area contributed by atoms with Crippen LogP contribution in [0.1, 0.15) is 25.0 Å². The number of hydrogen-bond donors (Lipinski definition) is 0. The van der Waals surface area contributed by atoms with Crippen molar-refractivity contribution in [3.8, 4) is 5.75 Å². The Morgan fingerprint density at radius 2 is 1.58 bits per heavy atom. The summed E-state index contributed by atoms with van der Waals surface area (Å²) >= 11 is 0. The second-order valence-corrected chi connectivity index (χ2v) is 5.03. The number of benzene rings is 2. The fraction of sp³-hybridized carbons (Fsp3) is 0.278. The predicted molar refractivity (Wildman–Crippen MR) is 80.3 cm³/mol. The molecule has 1 radical (unpaired) electrons. The first kappa shape index (κ1) is 13.7. The van der Waals surface area contributed by atoms with Crippen LogP contribution in [0.5, 0.6) is 5.75 Å². The van der Waals surface area contributed by atoms with E-state index >= 15 is 0 Å². The molecule has 0 fully saturated rings. The highest BCUT2D eigenvalue weighted by atomic mass is 16.5. The molecule has 0 aliphatic heterocycles. The second kappa shape index (κ2) is 6.42. The molecular weight excluding hydrogens is 232 g/mol. The lowest BCUT2D eigenvalue weighted by Crippen LogP contribution is -2.11. The Balaban J connectivity index is 2.27. The Morgan fingerprint density at radius 3 is 2.21 bits per heavy atom. The normalized spacial score (nSPS) is 11.0. The van der Waals surface area contributed by atoms with Crippen LogP contribution >= 0.6 is 0 Å². The van der Waals surface area contributed by atoms with Crippen LogP contribution in [-0.4, -0.2) is 7.11 Å². The number of hydrogen-bond acceptors (Lipinski definition) is 1. The Kier molecular flexibility index (Phi) is 4.62. The van der Waals surface area contributed by atoms with Crippen LogP contribution in [0.15, 0.2) is 54.6 Å². The molecule has 0 saturated heterocycles. The maximum atomic E-state index is 5.45. The van der Waals surface area contributed by atoms with Gasteiger partial charge < -0.3 is 4.74 Å². The van der Waals surface area contributed by atoms with E-state index in [1.165, 1.54) is 17.0 Å². The summed E-state index contributed by atoms with van der Waals surface area (Å²) in [5, 5.41) is 0. The maximum absolute atomic E-state index is 5.45. The smallest absolute Gasteiger partial charge is 0.122 e. The summed E-state index contributed by atoms with van der Waals surface area (Å²) in [5.41, 5.74) is 2.57. The van der Waals surface area contributed by atoms with Gasteiger partial charge in [-0.15, -0.1) is 0 Å². The molecule has 99 valence electrons. The SMILES string of the molecule is COc1ccccc1C[C](c1ccccc1)C(C)C. The van der Waals surface area contributed by atoms with Gasteiger partial charge in [0.25, 0.3) is 0 Å². The highest BCUT2D eigenvalue weighted by Gasteiger charge is 2.18. The largest absolute Gasteiger partial charge is 0.496 e. The van der Waals surface area contributed by atoms with E-state index in [2.05, 4.69) is 56.3 Å². The van der Waals surface area contributed by atoms with Crippen molar-refractivity contribution in [2.45, 2.75) is 20.3 Å². The molecule has 0 saturated carbocycles. The summed E-state index contributed by atoms with van der Waals surface area (Å²) in [5.74, 6) is 2.94. The summed E-state index contributed by atoms with van der Waals surface area (Å²) < 4.78 is 5.45. The summed E-state index contributed by atoms with van der Waals surface area (Å²) in [6.07, 6.45) is 0.936. The van der Waals surface area contributed by atoms with Crippen molar-refractivity contribution in [3.63, 3.8) is 0 Å². The van der Waals surface area contributed by atoms with Gasteiger partial charge in [-0.3, -0.25) is 0 Å². The van der Waals surface area contributed by atoms with E-state index in [4.69, 9.17) is 4.74 Å². The molecule has 0 spiro atoms. The third-order valence-electron chi connectivity index (χ3n) is 3.41. The summed E-state index contributed by atoms with van der Waals surface area (Å²) in [6, 6.07) is 18.9. The molecule has 0 unspecified atom stereocenters. The van der Waals surface area contributed by atoms with Crippen LogP contribution in [0, 0.1) is 11.8 Å². The lowest BCUT2D eigenvalue weighted by molar-refractivity contribution is 0.409. The molecule has 0 aliphatic rings. The zero-order valence-corrected chi connectivity index (χ0v) is 11.9. The van der Waals surface area contributed by atoms with Gasteiger partial charge in [-0.25, -0.2) is 0 Å². The number of para-hydroxylation sites is 1. The summed E-state index contributed by atoms with van der Waals surface area (Å²) in [4.78, 5) is 0. The van der Waals surface area contributed by atoms with Gasteiger partial charge in [0, 0.05) is 5.92 Å². The monoisotopic (exact) mass is 253 g/mol. The van der Waals surface area contributed by atoms with Crippen molar-refractivity contribution < 1.29 is 4.74 Å². The number of rotatable bonds is 5. The molecule has 2 aromatic rings. The topological polar surface area (TPSA) is 9.23 Å². The Morgan fingerprint density at radius 1 is 0.947 bits per heavy atom. The highest BCUT2D eigenvalue weighted by Crippen LogP contribution is 2.30. The van der Waals surface area contributed by atoms with Crippen LogP contribution in [0.4, 0.5) is 0 Å². The van der Waals surface area contributed by atoms with E-state index in [0.717, 1.165) is 12.2 Å². The summed E-state index contributed by atoms with van der Waals surface area (Å²) in [7, 11) is 1.73. The minimum atomic E-state index is 0.521. The van der Waals surface area contributed by atoms with Crippen LogP contribution in [0.3, 0.4) is 0 Å². The predicted octanol–water partition coefficient (Wildman–Crippen LogP) is 4.52. The van der Waals surface area contributed by atoms with Crippen molar-refractivity contribution in [3.05, 3.63) is 71.6 Å². The van der Waals surface area contributed by atoms with Crippen molar-refractivity contribution in [1.82, 2.24) is 0 Å². The third-order valence-corrected chi connectivity index (χ3v) is 3.41. The summed E-state index contributed by atoms with van der Waals surface area (Å²) in [6.45, 7) is 4.50. The minimum Gasteiger partial charge on any atom is -0.496 e. The molecule has 1 heteroatoms. The molecule has 0 heterocycles. The molecule has 0 bridgehead atoms. The van der Waals surface area contributed by atoms with Crippen LogP contribution in [0.2, 0.25) is 0 Å². The van der Waals surface area contributed by atoms with Gasteiger partial charge >= 0.3 is 0 Å². The molecule has 19 heavy (non-hydrogen) atoms. The molecule has 2 rings (SSSR count). The van der Waals surface area contributed by atoms with Gasteiger partial charge in [-0.1, -0.05) is 62.4 Å². The van der Waals surface area contributed by atoms with Gasteiger partial charge in [0.15, 0.2) is 0 Å². The number of ether oxygens (including phenoxy) is 1. The van der Waals surface area contributed by atoms with E-state index in [9.17, 15) is 0 Å². The molecule has 2 aromatic carbocycles. The first-order chi connectivity index (χ1) is 9.22. The standard InChI is InChI=1S/C18H21O/c1-14(2)17(15-9-5-4-6-10-15)13-16-11-7-8-12-18(16)19-3/h4-12,14H,13H2,1-3H3. The molecule has 0 aromatic heterocycles. The van der Waals surface area contributed by atoms with Gasteiger partial charge in [0.2, 0.25) is 0 Å². The fourth-order valence-corrected chi connectivity index (χ4v) is 2.35. The van der Waals surface area contributed by atoms with Crippen molar-refractivity contribution >= 4 is 0 Å². The van der Waals surface area contributed by atoms with E-state index in [1.807, 2.05) is 12.1 Å². The Hall–Kier alpha value is -1.76. The average Bonchev–Trinajstić information content (AvgIpc) is 2.45. The first-order valence-electron chi connectivity index (χ1n) is 6.75. The fourth-order valence-electron chi connectivity index (χ4n) is 2.35. The molecule has 0 atom stereocenters. The van der Waals surface area contributed by atoms with Gasteiger partial charge in [-0.05, 0) is 29.5 Å². The molecule has 0 N–H and O–H groups in total. The van der Waals surface area contributed by atoms with Crippen molar-refractivity contribution in [1.29, 1.82) is 0 Å². The quantitative estimate of drug-likeness (QED) is 0.761. The van der Waals surface area contributed by atoms with E-state index in [1.54, 1.807) is 7.11 Å². The second-order valence-electron chi connectivity index (χ2n) is 5.03. The molecular formula is C18H21O. The van der Waals surface area contributed by atoms with Gasteiger partial charge in [0.05, 0.1) is 7.11 Å². The highest BCUT2D eigenvalue weighted by molar-refractivity contribution is 5.40. The zero-order chi connectivity index (χ0) is 13.7. The molecule has 0 aliphatic carbocycles. The average molecular weight is 253 g/mol. The maximum Gasteiger partial charge on any atom is 0.122 e. The lowest BCUT2D eigenvalue weighted by atomic mass is 9.83. The van der Waals surface area contributed by atoms with Crippen molar-refractivity contribution in [2.75, 3.05) is 7.11 Å². The number of methoxy groups -OCH3 is 1. The van der Waals surface area contributed by atoms with E-state index in [-0.39, 0.29) is 0 Å². The van der Waals surface area contributed by atoms with E-state index < -0.39 is 0 Å². The van der Waals surface area contributed by atoms with Gasteiger partial charge in [-0.2, -0.15) is 0 Å². The van der Waals surface area contributed by atoms with Crippen LogP contribution < -0.4 is 4.74 Å². The van der Waals surface area contributed by atoms with Gasteiger partial charge in [0.1, 0.15) is 5.75 Å². The third kappa shape index (κ3) is 3.37. The zero-order valence-electron chi connectivity index (χ0n) is 11.9. The Bertz CT molecular complexity index is 502. The van der Waals surface area contributed by atoms with Crippen LogP contribution in [0.25, 0.3) is 0 Å². The van der Waals surface area contributed by atoms with Crippen LogP contribution in [-0.2, 0) is 6.42 Å². The first-order valence-corrected chi connectivity index (χ1v) is 6.75.